The van der Waals surface area contributed by atoms with Crippen molar-refractivity contribution in [3.8, 4) is 11.5 Å². The van der Waals surface area contributed by atoms with Gasteiger partial charge in [-0.15, -0.1) is 0 Å². The van der Waals surface area contributed by atoms with Crippen molar-refractivity contribution in [3.63, 3.8) is 0 Å². The summed E-state index contributed by atoms with van der Waals surface area (Å²) >= 11 is 0. The predicted octanol–water partition coefficient (Wildman–Crippen LogP) is 4.21. The molecule has 3 unspecified atom stereocenters. The molecule has 1 saturated heterocycles. The average molecular weight is 525 g/mol. The Morgan fingerprint density at radius 3 is 2.63 bits per heavy atom. The van der Waals surface area contributed by atoms with E-state index in [1.807, 2.05) is 19.1 Å². The van der Waals surface area contributed by atoms with Crippen LogP contribution < -0.4 is 9.47 Å². The van der Waals surface area contributed by atoms with E-state index in [0.717, 1.165) is 0 Å². The van der Waals surface area contributed by atoms with Gasteiger partial charge in [0.15, 0.2) is 6.79 Å². The Labute approximate surface area is 221 Å². The summed E-state index contributed by atoms with van der Waals surface area (Å²) in [6, 6.07) is 12.1. The van der Waals surface area contributed by atoms with Crippen LogP contribution in [0.3, 0.4) is 0 Å². The van der Waals surface area contributed by atoms with Crippen LogP contribution in [0.2, 0.25) is 0 Å². The first-order chi connectivity index (χ1) is 18.4. The van der Waals surface area contributed by atoms with Crippen LogP contribution in [0.1, 0.15) is 39.6 Å². The molecular formula is C29H32O9. The maximum Gasteiger partial charge on any atom is 0.342 e. The minimum atomic E-state index is -0.742. The minimum absolute atomic E-state index is 0.0547. The lowest BCUT2D eigenvalue weighted by Gasteiger charge is -2.23. The van der Waals surface area contributed by atoms with Crippen LogP contribution >= 0.6 is 0 Å². The Morgan fingerprint density at radius 2 is 1.92 bits per heavy atom. The molecule has 0 bridgehead atoms. The van der Waals surface area contributed by atoms with Gasteiger partial charge in [0.2, 0.25) is 0 Å². The monoisotopic (exact) mass is 524 g/mol. The van der Waals surface area contributed by atoms with E-state index < -0.39 is 35.9 Å². The van der Waals surface area contributed by atoms with E-state index in [9.17, 15) is 9.59 Å². The molecule has 9 nitrogen and oxygen atoms in total. The lowest BCUT2D eigenvalue weighted by Crippen LogP contribution is -2.38. The second kappa shape index (κ2) is 12.3. The largest absolute Gasteiger partial charge is 0.497 e. The van der Waals surface area contributed by atoms with E-state index in [1.165, 1.54) is 14.2 Å². The van der Waals surface area contributed by atoms with Gasteiger partial charge >= 0.3 is 11.9 Å². The van der Waals surface area contributed by atoms with Gasteiger partial charge in [-0.3, -0.25) is 0 Å². The van der Waals surface area contributed by atoms with Crippen molar-refractivity contribution in [3.05, 3.63) is 77.4 Å². The van der Waals surface area contributed by atoms with Gasteiger partial charge in [0.25, 0.3) is 0 Å². The fourth-order valence-corrected chi connectivity index (χ4v) is 4.27. The fourth-order valence-electron chi connectivity index (χ4n) is 4.27. The van der Waals surface area contributed by atoms with Crippen LogP contribution in [0, 0.1) is 0 Å². The van der Waals surface area contributed by atoms with Crippen LogP contribution in [-0.2, 0) is 23.7 Å². The molecule has 0 aliphatic carbocycles. The van der Waals surface area contributed by atoms with Crippen molar-refractivity contribution in [2.24, 2.45) is 0 Å². The van der Waals surface area contributed by atoms with Crippen LogP contribution in [-0.4, -0.2) is 70.6 Å². The van der Waals surface area contributed by atoms with Gasteiger partial charge in [-0.2, -0.15) is 0 Å². The molecule has 4 rings (SSSR count). The van der Waals surface area contributed by atoms with Crippen LogP contribution in [0.4, 0.5) is 0 Å². The van der Waals surface area contributed by atoms with E-state index in [4.69, 9.17) is 33.2 Å². The number of epoxide rings is 1. The molecule has 0 saturated carbocycles. The van der Waals surface area contributed by atoms with Crippen LogP contribution in [0.25, 0.3) is 6.08 Å². The highest BCUT2D eigenvalue weighted by Gasteiger charge is 2.57. The quantitative estimate of drug-likeness (QED) is 0.228. The van der Waals surface area contributed by atoms with Crippen molar-refractivity contribution in [2.45, 2.75) is 37.3 Å². The number of hydrogen-bond donors (Lipinski definition) is 0. The number of benzene rings is 2. The molecule has 0 radical (unpaired) electrons. The molecule has 0 aromatic heterocycles. The van der Waals surface area contributed by atoms with Crippen LogP contribution in [0.15, 0.2) is 60.7 Å². The second-order valence-electron chi connectivity index (χ2n) is 8.99. The zero-order chi connectivity index (χ0) is 27.1. The summed E-state index contributed by atoms with van der Waals surface area (Å²) in [5.74, 6) is -0.251. The Kier molecular flexibility index (Phi) is 8.83. The van der Waals surface area contributed by atoms with Gasteiger partial charge in [-0.25, -0.2) is 9.59 Å². The fraction of sp³-hybridized carbons (Fsp3) is 0.379. The topological polar surface area (TPSA) is 102 Å². The van der Waals surface area contributed by atoms with Gasteiger partial charge in [0, 0.05) is 20.3 Å². The van der Waals surface area contributed by atoms with Crippen molar-refractivity contribution in [1.82, 2.24) is 0 Å². The van der Waals surface area contributed by atoms with Gasteiger partial charge in [0.1, 0.15) is 41.0 Å². The van der Waals surface area contributed by atoms with Gasteiger partial charge < -0.3 is 33.2 Å². The summed E-state index contributed by atoms with van der Waals surface area (Å²) in [7, 11) is 4.57. The van der Waals surface area contributed by atoms with Gasteiger partial charge in [0.05, 0.1) is 19.3 Å². The lowest BCUT2D eigenvalue weighted by atomic mass is 9.96. The molecular weight excluding hydrogens is 492 g/mol. The highest BCUT2D eigenvalue weighted by Crippen LogP contribution is 2.43. The third-order valence-corrected chi connectivity index (χ3v) is 6.35. The summed E-state index contributed by atoms with van der Waals surface area (Å²) in [5.41, 5.74) is 0.470. The maximum atomic E-state index is 13.1. The summed E-state index contributed by atoms with van der Waals surface area (Å²) < 4.78 is 39.3. The minimum Gasteiger partial charge on any atom is -0.497 e. The lowest BCUT2D eigenvalue weighted by molar-refractivity contribution is -0.0274. The van der Waals surface area contributed by atoms with E-state index in [0.29, 0.717) is 23.3 Å². The Bertz CT molecular complexity index is 1190. The van der Waals surface area contributed by atoms with E-state index in [2.05, 4.69) is 0 Å². The van der Waals surface area contributed by atoms with Crippen molar-refractivity contribution < 1.29 is 42.7 Å². The number of ether oxygens (including phenoxy) is 7. The van der Waals surface area contributed by atoms with Gasteiger partial charge in [-0.05, 0) is 49.3 Å². The predicted molar refractivity (Wildman–Crippen MR) is 138 cm³/mol. The first kappa shape index (κ1) is 27.4. The number of fused-ring (bicyclic) bond motifs is 2. The average Bonchev–Trinajstić information content (AvgIpc) is 3.60. The van der Waals surface area contributed by atoms with Gasteiger partial charge in [-0.1, -0.05) is 30.4 Å². The Hall–Kier alpha value is -3.66. The number of carbonyl (C=O) groups is 2. The molecule has 0 amide bonds. The molecule has 0 N–H and O–H groups in total. The number of methoxy groups -OCH3 is 3. The molecule has 2 aliphatic heterocycles. The molecule has 0 spiro atoms. The Morgan fingerprint density at radius 1 is 1.13 bits per heavy atom. The van der Waals surface area contributed by atoms with Crippen molar-refractivity contribution in [2.75, 3.05) is 34.7 Å². The molecule has 202 valence electrons. The SMILES string of the molecule is COCOc1cc(OC)cc2c1C(=O)OCC/C=C\C(OC(=O)c1ccccc1)C(OC)[C@H]1OC1(C)C=C2. The third kappa shape index (κ3) is 6.24. The third-order valence-electron chi connectivity index (χ3n) is 6.35. The molecule has 2 aromatic rings. The van der Waals surface area contributed by atoms with E-state index in [1.54, 1.807) is 61.7 Å². The maximum absolute atomic E-state index is 13.1. The first-order valence-electron chi connectivity index (χ1n) is 12.2. The molecule has 2 aliphatic rings. The number of rotatable bonds is 7. The van der Waals surface area contributed by atoms with Crippen molar-refractivity contribution in [1.29, 1.82) is 0 Å². The Balaban J connectivity index is 1.67. The molecule has 2 heterocycles. The smallest absolute Gasteiger partial charge is 0.342 e. The highest BCUT2D eigenvalue weighted by molar-refractivity contribution is 5.97. The van der Waals surface area contributed by atoms with E-state index >= 15 is 0 Å². The molecule has 38 heavy (non-hydrogen) atoms. The molecule has 1 fully saturated rings. The molecule has 9 heteroatoms. The summed E-state index contributed by atoms with van der Waals surface area (Å²) in [6.07, 6.45) is 5.80. The van der Waals surface area contributed by atoms with Crippen molar-refractivity contribution >= 4 is 18.0 Å². The normalized spacial score (nSPS) is 25.7. The zero-order valence-corrected chi connectivity index (χ0v) is 21.9. The summed E-state index contributed by atoms with van der Waals surface area (Å²) in [6.45, 7) is 1.94. The number of esters is 2. The zero-order valence-electron chi connectivity index (χ0n) is 21.9. The molecule has 4 atom stereocenters. The summed E-state index contributed by atoms with van der Waals surface area (Å²) in [5, 5.41) is 0. The number of hydrogen-bond acceptors (Lipinski definition) is 9. The first-order valence-corrected chi connectivity index (χ1v) is 12.2. The second-order valence-corrected chi connectivity index (χ2v) is 8.99. The summed E-state index contributed by atoms with van der Waals surface area (Å²) in [4.78, 5) is 26.0. The number of carbonyl (C=O) groups excluding carboxylic acids is 2. The number of cyclic esters (lactones) is 1. The highest BCUT2D eigenvalue weighted by atomic mass is 16.7. The molecule has 2 aromatic carbocycles. The van der Waals surface area contributed by atoms with Crippen LogP contribution in [0.5, 0.6) is 11.5 Å². The standard InChI is InChI=1S/C29H32O9/c1-29-14-13-20-16-21(33-3)17-23(36-18-32-2)24(20)28(31)35-15-9-8-12-22(25(34-4)26(29)38-29)37-27(30)19-10-6-5-7-11-19/h5-8,10-14,16-17,22,25-26H,9,15,18H2,1-4H3/b12-8-,14-13?/t22?,25?,26-,29?/m1/s1. The van der Waals surface area contributed by atoms with E-state index in [-0.39, 0.29) is 24.7 Å².